The molecule has 0 aliphatic heterocycles. The third-order valence-corrected chi connectivity index (χ3v) is 3.18. The number of rotatable bonds is 5. The van der Waals surface area contributed by atoms with E-state index in [2.05, 4.69) is 10.3 Å². The zero-order chi connectivity index (χ0) is 16.1. The molecule has 0 bridgehead atoms. The van der Waals surface area contributed by atoms with Crippen LogP contribution in [-0.2, 0) is 4.79 Å². The van der Waals surface area contributed by atoms with Crippen LogP contribution in [0.2, 0.25) is 5.02 Å². The van der Waals surface area contributed by atoms with Gasteiger partial charge in [-0.05, 0) is 25.1 Å². The minimum Gasteiger partial charge on any atom is -0.495 e. The molecule has 6 nitrogen and oxygen atoms in total. The molecule has 1 amide bonds. The number of hydrogen-bond donors (Lipinski definition) is 2. The number of aromatic nitrogens is 1. The number of amides is 1. The number of carbonyl (C=O) groups is 1. The Kier molecular flexibility index (Phi) is 5.06. The molecule has 0 atom stereocenters. The summed E-state index contributed by atoms with van der Waals surface area (Å²) < 4.78 is 10.3. The average Bonchev–Trinajstić information content (AvgIpc) is 2.47. The first kappa shape index (κ1) is 15.9. The van der Waals surface area contributed by atoms with Gasteiger partial charge in [0.2, 0.25) is 5.43 Å². The molecule has 2 N–H and O–H groups in total. The standard InChI is InChI=1S/C15H15ClN2O4/c1-9-15(12(19)5-6-17-9)22-8-14(20)18-10-3-4-13(21-2)11(16)7-10/h3-7H,8H2,1-2H3,(H,17,19)(H,18,20). The summed E-state index contributed by atoms with van der Waals surface area (Å²) in [6.45, 7) is 1.41. The number of anilines is 1. The number of ether oxygens (including phenoxy) is 2. The van der Waals surface area contributed by atoms with E-state index in [1.54, 1.807) is 25.1 Å². The molecule has 22 heavy (non-hydrogen) atoms. The topological polar surface area (TPSA) is 80.4 Å². The molecule has 1 aromatic heterocycles. The van der Waals surface area contributed by atoms with Crippen molar-refractivity contribution in [3.8, 4) is 11.5 Å². The minimum atomic E-state index is -0.399. The number of halogens is 1. The second kappa shape index (κ2) is 7.00. The van der Waals surface area contributed by atoms with Crippen molar-refractivity contribution in [2.75, 3.05) is 19.0 Å². The maximum Gasteiger partial charge on any atom is 0.262 e. The lowest BCUT2D eigenvalue weighted by molar-refractivity contribution is -0.118. The van der Waals surface area contributed by atoms with Crippen LogP contribution in [0.4, 0.5) is 5.69 Å². The van der Waals surface area contributed by atoms with Crippen molar-refractivity contribution in [1.82, 2.24) is 4.98 Å². The second-order valence-corrected chi connectivity index (χ2v) is 4.89. The van der Waals surface area contributed by atoms with Crippen LogP contribution in [0.15, 0.2) is 35.3 Å². The SMILES string of the molecule is COc1ccc(NC(=O)COc2c(C)[nH]ccc2=O)cc1Cl. The quantitative estimate of drug-likeness (QED) is 0.885. The summed E-state index contributed by atoms with van der Waals surface area (Å²) in [5.74, 6) is 0.247. The van der Waals surface area contributed by atoms with E-state index in [9.17, 15) is 9.59 Å². The predicted molar refractivity (Wildman–Crippen MR) is 83.9 cm³/mol. The number of pyridine rings is 1. The van der Waals surface area contributed by atoms with E-state index in [0.29, 0.717) is 22.2 Å². The first-order chi connectivity index (χ1) is 10.5. The molecule has 1 aromatic carbocycles. The van der Waals surface area contributed by atoms with Crippen LogP contribution in [0.25, 0.3) is 0 Å². The minimum absolute atomic E-state index is 0.130. The van der Waals surface area contributed by atoms with Crippen molar-refractivity contribution in [2.24, 2.45) is 0 Å². The van der Waals surface area contributed by atoms with Crippen LogP contribution < -0.4 is 20.2 Å². The van der Waals surface area contributed by atoms with Crippen LogP contribution in [0.1, 0.15) is 5.69 Å². The van der Waals surface area contributed by atoms with Gasteiger partial charge in [0.25, 0.3) is 5.91 Å². The highest BCUT2D eigenvalue weighted by Crippen LogP contribution is 2.27. The highest BCUT2D eigenvalue weighted by molar-refractivity contribution is 6.32. The first-order valence-electron chi connectivity index (χ1n) is 6.45. The molecular formula is C15H15ClN2O4. The van der Waals surface area contributed by atoms with Crippen molar-refractivity contribution >= 4 is 23.2 Å². The second-order valence-electron chi connectivity index (χ2n) is 4.48. The van der Waals surface area contributed by atoms with E-state index in [1.807, 2.05) is 0 Å². The molecular weight excluding hydrogens is 308 g/mol. The van der Waals surface area contributed by atoms with Crippen molar-refractivity contribution in [3.63, 3.8) is 0 Å². The summed E-state index contributed by atoms with van der Waals surface area (Å²) in [5.41, 5.74) is 0.794. The third kappa shape index (κ3) is 3.79. The number of hydrogen-bond acceptors (Lipinski definition) is 4. The fourth-order valence-corrected chi connectivity index (χ4v) is 2.08. The Morgan fingerprint density at radius 3 is 2.77 bits per heavy atom. The average molecular weight is 323 g/mol. The lowest BCUT2D eigenvalue weighted by atomic mass is 10.3. The summed E-state index contributed by atoms with van der Waals surface area (Å²) in [7, 11) is 1.51. The number of nitrogens with one attached hydrogen (secondary N) is 2. The summed E-state index contributed by atoms with van der Waals surface area (Å²) >= 11 is 5.97. The molecule has 0 saturated carbocycles. The van der Waals surface area contributed by atoms with Crippen molar-refractivity contribution < 1.29 is 14.3 Å². The van der Waals surface area contributed by atoms with Gasteiger partial charge < -0.3 is 19.8 Å². The van der Waals surface area contributed by atoms with Crippen molar-refractivity contribution in [2.45, 2.75) is 6.92 Å². The fourth-order valence-electron chi connectivity index (χ4n) is 1.83. The Bertz CT molecular complexity index is 743. The van der Waals surface area contributed by atoms with E-state index in [1.165, 1.54) is 19.4 Å². The molecule has 0 fully saturated rings. The Labute approximate surface area is 132 Å². The largest absolute Gasteiger partial charge is 0.495 e. The number of carbonyl (C=O) groups excluding carboxylic acids is 1. The van der Waals surface area contributed by atoms with Crippen LogP contribution in [-0.4, -0.2) is 24.6 Å². The number of aromatic amines is 1. The zero-order valence-corrected chi connectivity index (χ0v) is 12.9. The van der Waals surface area contributed by atoms with Gasteiger partial charge in [0.05, 0.1) is 17.8 Å². The molecule has 7 heteroatoms. The molecule has 0 radical (unpaired) electrons. The van der Waals surface area contributed by atoms with Crippen molar-refractivity contribution in [1.29, 1.82) is 0 Å². The molecule has 0 unspecified atom stereocenters. The summed E-state index contributed by atoms with van der Waals surface area (Å²) in [4.78, 5) is 26.3. The molecule has 2 rings (SSSR count). The van der Waals surface area contributed by atoms with Crippen molar-refractivity contribution in [3.05, 3.63) is 51.4 Å². The van der Waals surface area contributed by atoms with Gasteiger partial charge >= 0.3 is 0 Å². The third-order valence-electron chi connectivity index (χ3n) is 2.88. The van der Waals surface area contributed by atoms with Gasteiger partial charge in [-0.2, -0.15) is 0 Å². The molecule has 0 aliphatic carbocycles. The predicted octanol–water partition coefficient (Wildman–Crippen LogP) is 2.36. The summed E-state index contributed by atoms with van der Waals surface area (Å²) in [6.07, 6.45) is 1.52. The lowest BCUT2D eigenvalue weighted by Crippen LogP contribution is -2.22. The van der Waals surface area contributed by atoms with Crippen LogP contribution in [0.5, 0.6) is 11.5 Å². The van der Waals surface area contributed by atoms with E-state index in [-0.39, 0.29) is 17.8 Å². The first-order valence-corrected chi connectivity index (χ1v) is 6.83. The number of methoxy groups -OCH3 is 1. The molecule has 2 aromatic rings. The highest BCUT2D eigenvalue weighted by atomic mass is 35.5. The number of aryl methyl sites for hydroxylation is 1. The van der Waals surface area contributed by atoms with Crippen LogP contribution in [0, 0.1) is 6.92 Å². The van der Waals surface area contributed by atoms with Gasteiger partial charge in [0.1, 0.15) is 5.75 Å². The van der Waals surface area contributed by atoms with Gasteiger partial charge in [-0.25, -0.2) is 0 Å². The molecule has 116 valence electrons. The van der Waals surface area contributed by atoms with E-state index >= 15 is 0 Å². The molecule has 0 spiro atoms. The zero-order valence-electron chi connectivity index (χ0n) is 12.1. The van der Waals surface area contributed by atoms with Crippen LogP contribution >= 0.6 is 11.6 Å². The number of H-pyrrole nitrogens is 1. The smallest absolute Gasteiger partial charge is 0.262 e. The summed E-state index contributed by atoms with van der Waals surface area (Å²) in [5, 5.41) is 3.01. The van der Waals surface area contributed by atoms with Gasteiger partial charge in [0.15, 0.2) is 12.4 Å². The van der Waals surface area contributed by atoms with E-state index in [4.69, 9.17) is 21.1 Å². The van der Waals surface area contributed by atoms with Gasteiger partial charge in [0, 0.05) is 18.0 Å². The monoisotopic (exact) mass is 322 g/mol. The van der Waals surface area contributed by atoms with Crippen LogP contribution in [0.3, 0.4) is 0 Å². The van der Waals surface area contributed by atoms with E-state index in [0.717, 1.165) is 0 Å². The Hall–Kier alpha value is -2.47. The number of benzene rings is 1. The van der Waals surface area contributed by atoms with Gasteiger partial charge in [-0.3, -0.25) is 9.59 Å². The maximum absolute atomic E-state index is 11.9. The lowest BCUT2D eigenvalue weighted by Gasteiger charge is -2.10. The molecule has 0 aliphatic rings. The summed E-state index contributed by atoms with van der Waals surface area (Å²) in [6, 6.07) is 6.20. The Morgan fingerprint density at radius 2 is 2.14 bits per heavy atom. The van der Waals surface area contributed by atoms with Gasteiger partial charge in [-0.15, -0.1) is 0 Å². The van der Waals surface area contributed by atoms with Gasteiger partial charge in [-0.1, -0.05) is 11.6 Å². The van der Waals surface area contributed by atoms with E-state index < -0.39 is 5.91 Å². The normalized spacial score (nSPS) is 10.1. The highest BCUT2D eigenvalue weighted by Gasteiger charge is 2.09. The Balaban J connectivity index is 1.99. The molecule has 0 saturated heterocycles. The Morgan fingerprint density at radius 1 is 1.36 bits per heavy atom. The fraction of sp³-hybridized carbons (Fsp3) is 0.200. The molecule has 1 heterocycles. The maximum atomic E-state index is 11.9.